The summed E-state index contributed by atoms with van der Waals surface area (Å²) < 4.78 is 56.8. The van der Waals surface area contributed by atoms with E-state index in [0.717, 1.165) is 28.8 Å². The highest BCUT2D eigenvalue weighted by atomic mass is 19.4. The third kappa shape index (κ3) is 4.13. The van der Waals surface area contributed by atoms with E-state index in [1.54, 1.807) is 6.92 Å². The van der Waals surface area contributed by atoms with E-state index in [4.69, 9.17) is 0 Å². The van der Waals surface area contributed by atoms with Gasteiger partial charge in [-0.15, -0.1) is 0 Å². The standard InChI is InChI=1S/C21H21F4N3O3/c1-3-28-17-10-13(18(30)26-11-12(2)29)4-9-16(17)27-19(28)20(31,21(23,24)25)14-5-7-15(22)8-6-14/h4-10,12,29,31H,3,11H2,1-2H3,(H,26,30)/t12-,20?/m1/s1. The lowest BCUT2D eigenvalue weighted by atomic mass is 9.92. The van der Waals surface area contributed by atoms with Gasteiger partial charge in [0.15, 0.2) is 5.82 Å². The number of aliphatic hydroxyl groups is 2. The fraction of sp³-hybridized carbons (Fsp3) is 0.333. The number of benzene rings is 2. The summed E-state index contributed by atoms with van der Waals surface area (Å²) in [5.41, 5.74) is -3.56. The van der Waals surface area contributed by atoms with Crippen molar-refractivity contribution < 1.29 is 32.6 Å². The zero-order valence-electron chi connectivity index (χ0n) is 16.7. The average Bonchev–Trinajstić information content (AvgIpc) is 3.09. The monoisotopic (exact) mass is 439 g/mol. The van der Waals surface area contributed by atoms with E-state index in [9.17, 15) is 32.6 Å². The summed E-state index contributed by atoms with van der Waals surface area (Å²) in [7, 11) is 0. The number of rotatable bonds is 6. The normalized spacial score (nSPS) is 15.0. The molecule has 0 saturated carbocycles. The number of fused-ring (bicyclic) bond motifs is 1. The van der Waals surface area contributed by atoms with Crippen LogP contribution in [0.1, 0.15) is 35.6 Å². The van der Waals surface area contributed by atoms with Crippen LogP contribution in [-0.2, 0) is 12.1 Å². The van der Waals surface area contributed by atoms with Crippen molar-refractivity contribution in [3.8, 4) is 0 Å². The molecule has 0 saturated heterocycles. The van der Waals surface area contributed by atoms with E-state index in [0.29, 0.717) is 0 Å². The number of hydrogen-bond donors (Lipinski definition) is 3. The molecule has 0 spiro atoms. The van der Waals surface area contributed by atoms with E-state index < -0.39 is 41.0 Å². The van der Waals surface area contributed by atoms with Crippen molar-refractivity contribution in [2.24, 2.45) is 0 Å². The number of imidazole rings is 1. The van der Waals surface area contributed by atoms with Gasteiger partial charge in [-0.25, -0.2) is 9.37 Å². The quantitative estimate of drug-likeness (QED) is 0.515. The van der Waals surface area contributed by atoms with Gasteiger partial charge in [0.05, 0.1) is 17.1 Å². The van der Waals surface area contributed by atoms with Gasteiger partial charge in [-0.1, -0.05) is 12.1 Å². The van der Waals surface area contributed by atoms with Crippen molar-refractivity contribution in [2.75, 3.05) is 6.54 Å². The maximum atomic E-state index is 14.1. The number of carbonyl (C=O) groups excluding carboxylic acids is 1. The second kappa shape index (κ2) is 8.27. The Kier molecular flexibility index (Phi) is 6.06. The second-order valence-electron chi connectivity index (χ2n) is 7.16. The first-order valence-electron chi connectivity index (χ1n) is 9.51. The summed E-state index contributed by atoms with van der Waals surface area (Å²) in [6.07, 6.45) is -5.92. The predicted octanol–water partition coefficient (Wildman–Crippen LogP) is 3.10. The van der Waals surface area contributed by atoms with E-state index in [1.807, 2.05) is 0 Å². The number of nitrogens with zero attached hydrogens (tertiary/aromatic N) is 2. The van der Waals surface area contributed by atoms with E-state index in [-0.39, 0.29) is 29.7 Å². The van der Waals surface area contributed by atoms with Crippen molar-refractivity contribution in [1.82, 2.24) is 14.9 Å². The zero-order valence-corrected chi connectivity index (χ0v) is 16.7. The minimum absolute atomic E-state index is 0.00749. The molecule has 1 aromatic heterocycles. The lowest BCUT2D eigenvalue weighted by Crippen LogP contribution is -2.45. The first-order valence-corrected chi connectivity index (χ1v) is 9.51. The Morgan fingerprint density at radius 2 is 1.84 bits per heavy atom. The number of hydrogen-bond acceptors (Lipinski definition) is 4. The summed E-state index contributed by atoms with van der Waals surface area (Å²) in [5.74, 6) is -1.95. The SMILES string of the molecule is CCn1c(C(O)(c2ccc(F)cc2)C(F)(F)F)nc2ccc(C(=O)NC[C@@H](C)O)cc21. The number of nitrogens with one attached hydrogen (secondary N) is 1. The third-order valence-corrected chi connectivity index (χ3v) is 4.88. The molecule has 3 aromatic rings. The molecule has 3 N–H and O–H groups in total. The van der Waals surface area contributed by atoms with E-state index in [1.165, 1.54) is 25.1 Å². The molecule has 3 rings (SSSR count). The number of alkyl halides is 3. The average molecular weight is 439 g/mol. The van der Waals surface area contributed by atoms with Gasteiger partial charge in [-0.3, -0.25) is 4.79 Å². The van der Waals surface area contributed by atoms with Crippen LogP contribution in [-0.4, -0.2) is 44.5 Å². The molecular formula is C21H21F4N3O3. The molecule has 2 aromatic carbocycles. The maximum Gasteiger partial charge on any atom is 0.428 e. The van der Waals surface area contributed by atoms with Gasteiger partial charge in [0.25, 0.3) is 5.91 Å². The molecular weight excluding hydrogens is 418 g/mol. The van der Waals surface area contributed by atoms with Crippen LogP contribution in [0, 0.1) is 5.82 Å². The molecule has 1 amide bonds. The highest BCUT2D eigenvalue weighted by Crippen LogP contribution is 2.44. The van der Waals surface area contributed by atoms with Gasteiger partial charge in [-0.05, 0) is 44.2 Å². The molecule has 10 heteroatoms. The van der Waals surface area contributed by atoms with Crippen LogP contribution < -0.4 is 5.32 Å². The van der Waals surface area contributed by atoms with E-state index in [2.05, 4.69) is 10.3 Å². The van der Waals surface area contributed by atoms with Crippen LogP contribution >= 0.6 is 0 Å². The minimum atomic E-state index is -5.16. The Morgan fingerprint density at radius 1 is 1.19 bits per heavy atom. The first-order chi connectivity index (χ1) is 14.5. The maximum absolute atomic E-state index is 14.1. The molecule has 1 unspecified atom stereocenters. The third-order valence-electron chi connectivity index (χ3n) is 4.88. The van der Waals surface area contributed by atoms with Crippen LogP contribution in [0.15, 0.2) is 42.5 Å². The van der Waals surface area contributed by atoms with Crippen LogP contribution in [0.2, 0.25) is 0 Å². The Labute approximate surface area is 175 Å². The zero-order chi connectivity index (χ0) is 23.0. The fourth-order valence-corrected chi connectivity index (χ4v) is 3.31. The Bertz CT molecular complexity index is 1090. The molecule has 0 fully saturated rings. The van der Waals surface area contributed by atoms with Gasteiger partial charge >= 0.3 is 6.18 Å². The molecule has 0 aliphatic rings. The number of aliphatic hydroxyl groups excluding tert-OH is 1. The van der Waals surface area contributed by atoms with Crippen molar-refractivity contribution in [3.05, 3.63) is 65.2 Å². The molecule has 6 nitrogen and oxygen atoms in total. The number of amides is 1. The predicted molar refractivity (Wildman–Crippen MR) is 105 cm³/mol. The van der Waals surface area contributed by atoms with Gasteiger partial charge < -0.3 is 20.1 Å². The number of aryl methyl sites for hydroxylation is 1. The molecule has 31 heavy (non-hydrogen) atoms. The smallest absolute Gasteiger partial charge is 0.392 e. The molecule has 0 radical (unpaired) electrons. The summed E-state index contributed by atoms with van der Waals surface area (Å²) in [6, 6.07) is 7.51. The summed E-state index contributed by atoms with van der Waals surface area (Å²) in [6.45, 7) is 3.10. The first kappa shape index (κ1) is 22.7. The Balaban J connectivity index is 2.18. The molecule has 0 aliphatic carbocycles. The van der Waals surface area contributed by atoms with Crippen LogP contribution in [0.5, 0.6) is 0 Å². The summed E-state index contributed by atoms with van der Waals surface area (Å²) in [4.78, 5) is 16.3. The lowest BCUT2D eigenvalue weighted by Gasteiger charge is -2.30. The van der Waals surface area contributed by atoms with Gasteiger partial charge in [0, 0.05) is 24.2 Å². The fourth-order valence-electron chi connectivity index (χ4n) is 3.31. The van der Waals surface area contributed by atoms with Crippen molar-refractivity contribution >= 4 is 16.9 Å². The molecule has 0 aliphatic heterocycles. The van der Waals surface area contributed by atoms with Crippen molar-refractivity contribution in [3.63, 3.8) is 0 Å². The van der Waals surface area contributed by atoms with Crippen LogP contribution in [0.25, 0.3) is 11.0 Å². The van der Waals surface area contributed by atoms with Gasteiger partial charge in [-0.2, -0.15) is 13.2 Å². The molecule has 166 valence electrons. The van der Waals surface area contributed by atoms with Crippen LogP contribution in [0.4, 0.5) is 17.6 Å². The van der Waals surface area contributed by atoms with Crippen LogP contribution in [0.3, 0.4) is 0 Å². The number of halogens is 4. The minimum Gasteiger partial charge on any atom is -0.392 e. The molecule has 0 bridgehead atoms. The summed E-state index contributed by atoms with van der Waals surface area (Å²) >= 11 is 0. The topological polar surface area (TPSA) is 87.4 Å². The number of aromatic nitrogens is 2. The van der Waals surface area contributed by atoms with Crippen molar-refractivity contribution in [2.45, 2.75) is 38.3 Å². The largest absolute Gasteiger partial charge is 0.428 e. The highest BCUT2D eigenvalue weighted by Gasteiger charge is 2.59. The molecule has 2 atom stereocenters. The Hall–Kier alpha value is -2.98. The molecule has 1 heterocycles. The van der Waals surface area contributed by atoms with Gasteiger partial charge in [0.2, 0.25) is 5.60 Å². The van der Waals surface area contributed by atoms with E-state index >= 15 is 0 Å². The highest BCUT2D eigenvalue weighted by molar-refractivity contribution is 5.97. The van der Waals surface area contributed by atoms with Crippen molar-refractivity contribution in [1.29, 1.82) is 0 Å². The second-order valence-corrected chi connectivity index (χ2v) is 7.16. The van der Waals surface area contributed by atoms with Gasteiger partial charge in [0.1, 0.15) is 5.82 Å². The Morgan fingerprint density at radius 3 is 2.39 bits per heavy atom. The summed E-state index contributed by atoms with van der Waals surface area (Å²) in [5, 5.41) is 22.7. The lowest BCUT2D eigenvalue weighted by molar-refractivity contribution is -0.252. The number of carbonyl (C=O) groups is 1.